The molecule has 20 heavy (non-hydrogen) atoms. The van der Waals surface area contributed by atoms with Gasteiger partial charge in [0.1, 0.15) is 17.1 Å². The third kappa shape index (κ3) is 3.13. The highest BCUT2D eigenvalue weighted by Gasteiger charge is 2.33. The Labute approximate surface area is 120 Å². The number of esters is 1. The predicted octanol–water partition coefficient (Wildman–Crippen LogP) is 3.45. The number of hydrogen-bond donors (Lipinski definition) is 1. The van der Waals surface area contributed by atoms with E-state index < -0.39 is 11.6 Å². The van der Waals surface area contributed by atoms with Crippen molar-refractivity contribution in [3.05, 3.63) is 35.4 Å². The standard InChI is InChI=1S/C16H22O4/c1-7-16(5,20-15(18)10(2)3)12-8-11(4)13(17)9-14(12)19-6/h8-9,17H,2,7H2,1,3-6H3. The van der Waals surface area contributed by atoms with Crippen molar-refractivity contribution in [1.29, 1.82) is 0 Å². The summed E-state index contributed by atoms with van der Waals surface area (Å²) in [6.07, 6.45) is 0.576. The normalized spacial score (nSPS) is 13.4. The number of hydrogen-bond acceptors (Lipinski definition) is 4. The average Bonchev–Trinajstić information content (AvgIpc) is 2.40. The maximum atomic E-state index is 11.8. The Morgan fingerprint density at radius 1 is 1.45 bits per heavy atom. The summed E-state index contributed by atoms with van der Waals surface area (Å²) in [5.41, 5.74) is 0.943. The van der Waals surface area contributed by atoms with E-state index in [0.29, 0.717) is 23.3 Å². The van der Waals surface area contributed by atoms with Gasteiger partial charge < -0.3 is 14.6 Å². The fraction of sp³-hybridized carbons (Fsp3) is 0.438. The largest absolute Gasteiger partial charge is 0.508 e. The van der Waals surface area contributed by atoms with Crippen LogP contribution in [0.4, 0.5) is 0 Å². The Kier molecular flexibility index (Phi) is 4.82. The van der Waals surface area contributed by atoms with Crippen LogP contribution in [-0.2, 0) is 15.1 Å². The van der Waals surface area contributed by atoms with Crippen LogP contribution in [0.1, 0.15) is 38.3 Å². The SMILES string of the molecule is C=C(C)C(=O)OC(C)(CC)c1cc(C)c(O)cc1OC. The number of phenolic OH excluding ortho intramolecular Hbond substituents is 1. The lowest BCUT2D eigenvalue weighted by Gasteiger charge is -2.30. The van der Waals surface area contributed by atoms with E-state index in [-0.39, 0.29) is 5.75 Å². The maximum Gasteiger partial charge on any atom is 0.333 e. The molecule has 4 heteroatoms. The third-order valence-electron chi connectivity index (χ3n) is 3.43. The van der Waals surface area contributed by atoms with Crippen LogP contribution < -0.4 is 4.74 Å². The summed E-state index contributed by atoms with van der Waals surface area (Å²) >= 11 is 0. The molecule has 1 unspecified atom stereocenters. The van der Waals surface area contributed by atoms with Gasteiger partial charge in [-0.15, -0.1) is 0 Å². The van der Waals surface area contributed by atoms with Gasteiger partial charge in [-0.1, -0.05) is 13.5 Å². The molecule has 4 nitrogen and oxygen atoms in total. The highest BCUT2D eigenvalue weighted by atomic mass is 16.6. The Morgan fingerprint density at radius 3 is 2.50 bits per heavy atom. The number of aromatic hydroxyl groups is 1. The van der Waals surface area contributed by atoms with Gasteiger partial charge in [0, 0.05) is 17.2 Å². The van der Waals surface area contributed by atoms with E-state index in [1.54, 1.807) is 19.9 Å². The van der Waals surface area contributed by atoms with E-state index in [4.69, 9.17) is 9.47 Å². The molecular formula is C16H22O4. The second kappa shape index (κ2) is 5.99. The fourth-order valence-corrected chi connectivity index (χ4v) is 1.87. The monoisotopic (exact) mass is 278 g/mol. The van der Waals surface area contributed by atoms with Crippen LogP contribution in [0.25, 0.3) is 0 Å². The molecule has 0 aliphatic heterocycles. The van der Waals surface area contributed by atoms with Crippen LogP contribution in [-0.4, -0.2) is 18.2 Å². The van der Waals surface area contributed by atoms with Crippen molar-refractivity contribution < 1.29 is 19.4 Å². The van der Waals surface area contributed by atoms with Crippen molar-refractivity contribution >= 4 is 5.97 Å². The second-order valence-electron chi connectivity index (χ2n) is 5.09. The summed E-state index contributed by atoms with van der Waals surface area (Å²) < 4.78 is 10.9. The number of methoxy groups -OCH3 is 1. The van der Waals surface area contributed by atoms with Crippen LogP contribution in [0.2, 0.25) is 0 Å². The van der Waals surface area contributed by atoms with Gasteiger partial charge >= 0.3 is 5.97 Å². The van der Waals surface area contributed by atoms with E-state index in [1.807, 2.05) is 13.8 Å². The predicted molar refractivity (Wildman–Crippen MR) is 77.9 cm³/mol. The highest BCUT2D eigenvalue weighted by Crippen LogP contribution is 2.39. The Morgan fingerprint density at radius 2 is 2.05 bits per heavy atom. The van der Waals surface area contributed by atoms with Crippen molar-refractivity contribution in [2.24, 2.45) is 0 Å². The molecule has 1 aromatic carbocycles. The lowest BCUT2D eigenvalue weighted by atomic mass is 9.90. The maximum absolute atomic E-state index is 11.8. The summed E-state index contributed by atoms with van der Waals surface area (Å²) in [5, 5.41) is 9.76. The number of carbonyl (C=O) groups excluding carboxylic acids is 1. The summed E-state index contributed by atoms with van der Waals surface area (Å²) in [7, 11) is 1.52. The molecule has 0 aliphatic carbocycles. The molecule has 110 valence electrons. The molecule has 0 radical (unpaired) electrons. The summed E-state index contributed by atoms with van der Waals surface area (Å²) in [5.74, 6) is 0.198. The number of aryl methyl sites for hydroxylation is 1. The molecule has 1 atom stereocenters. The van der Waals surface area contributed by atoms with Gasteiger partial charge in [0.15, 0.2) is 0 Å². The average molecular weight is 278 g/mol. The minimum absolute atomic E-state index is 0.148. The van der Waals surface area contributed by atoms with Crippen LogP contribution in [0.5, 0.6) is 11.5 Å². The summed E-state index contributed by atoms with van der Waals surface area (Å²) in [4.78, 5) is 11.8. The second-order valence-corrected chi connectivity index (χ2v) is 5.09. The Hall–Kier alpha value is -1.97. The molecule has 0 saturated heterocycles. The van der Waals surface area contributed by atoms with Crippen LogP contribution in [0.3, 0.4) is 0 Å². The first-order chi connectivity index (χ1) is 9.25. The number of benzene rings is 1. The minimum Gasteiger partial charge on any atom is -0.508 e. The molecule has 1 N–H and O–H groups in total. The fourth-order valence-electron chi connectivity index (χ4n) is 1.87. The van der Waals surface area contributed by atoms with Gasteiger partial charge in [0.25, 0.3) is 0 Å². The number of rotatable bonds is 5. The van der Waals surface area contributed by atoms with Crippen LogP contribution >= 0.6 is 0 Å². The Bertz CT molecular complexity index is 534. The lowest BCUT2D eigenvalue weighted by molar-refractivity contribution is -0.154. The molecule has 0 spiro atoms. The molecule has 1 aromatic rings. The topological polar surface area (TPSA) is 55.8 Å². The van der Waals surface area contributed by atoms with E-state index in [2.05, 4.69) is 6.58 Å². The van der Waals surface area contributed by atoms with Gasteiger partial charge in [-0.05, 0) is 38.8 Å². The van der Waals surface area contributed by atoms with E-state index in [9.17, 15) is 9.90 Å². The zero-order valence-electron chi connectivity index (χ0n) is 12.7. The summed E-state index contributed by atoms with van der Waals surface area (Å²) in [6.45, 7) is 10.7. The van der Waals surface area contributed by atoms with E-state index in [0.717, 1.165) is 5.56 Å². The van der Waals surface area contributed by atoms with E-state index in [1.165, 1.54) is 13.2 Å². The first-order valence-corrected chi connectivity index (χ1v) is 6.52. The molecule has 0 amide bonds. The first-order valence-electron chi connectivity index (χ1n) is 6.52. The molecule has 1 rings (SSSR count). The zero-order valence-corrected chi connectivity index (χ0v) is 12.7. The number of phenols is 1. The zero-order chi connectivity index (χ0) is 15.5. The minimum atomic E-state index is -0.833. The molecule has 0 fully saturated rings. The van der Waals surface area contributed by atoms with Gasteiger partial charge in [0.2, 0.25) is 0 Å². The quantitative estimate of drug-likeness (QED) is 0.662. The Balaban J connectivity index is 3.33. The van der Waals surface area contributed by atoms with Gasteiger partial charge in [0.05, 0.1) is 7.11 Å². The highest BCUT2D eigenvalue weighted by molar-refractivity contribution is 5.87. The van der Waals surface area contributed by atoms with Crippen molar-refractivity contribution in [1.82, 2.24) is 0 Å². The number of ether oxygens (including phenoxy) is 2. The van der Waals surface area contributed by atoms with Crippen molar-refractivity contribution in [3.63, 3.8) is 0 Å². The van der Waals surface area contributed by atoms with Crippen LogP contribution in [0, 0.1) is 6.92 Å². The molecule has 0 heterocycles. The third-order valence-corrected chi connectivity index (χ3v) is 3.43. The molecule has 0 bridgehead atoms. The van der Waals surface area contributed by atoms with E-state index >= 15 is 0 Å². The van der Waals surface area contributed by atoms with Crippen molar-refractivity contribution in [2.45, 2.75) is 39.7 Å². The van der Waals surface area contributed by atoms with Gasteiger partial charge in [-0.25, -0.2) is 4.79 Å². The smallest absolute Gasteiger partial charge is 0.333 e. The van der Waals surface area contributed by atoms with Crippen molar-refractivity contribution in [2.75, 3.05) is 7.11 Å². The molecular weight excluding hydrogens is 256 g/mol. The molecule has 0 aromatic heterocycles. The van der Waals surface area contributed by atoms with Crippen LogP contribution in [0.15, 0.2) is 24.3 Å². The van der Waals surface area contributed by atoms with Gasteiger partial charge in [-0.3, -0.25) is 0 Å². The van der Waals surface area contributed by atoms with Crippen molar-refractivity contribution in [3.8, 4) is 11.5 Å². The summed E-state index contributed by atoms with van der Waals surface area (Å²) in [6, 6.07) is 3.32. The first kappa shape index (κ1) is 16.1. The molecule has 0 saturated carbocycles. The van der Waals surface area contributed by atoms with Gasteiger partial charge in [-0.2, -0.15) is 0 Å². The lowest BCUT2D eigenvalue weighted by Crippen LogP contribution is -2.29. The molecule has 0 aliphatic rings. The number of carbonyl (C=O) groups is 1.